The quantitative estimate of drug-likeness (QED) is 0.639. The first kappa shape index (κ1) is 17.2. The van der Waals surface area contributed by atoms with Crippen LogP contribution in [0, 0.1) is 12.3 Å². The van der Waals surface area contributed by atoms with Crippen LogP contribution >= 0.6 is 11.3 Å². The fourth-order valence-electron chi connectivity index (χ4n) is 3.65. The van der Waals surface area contributed by atoms with E-state index in [4.69, 9.17) is 4.99 Å². The minimum absolute atomic E-state index is 0.0948. The van der Waals surface area contributed by atoms with Crippen LogP contribution in [0.1, 0.15) is 36.9 Å². The molecule has 0 aliphatic carbocycles. The van der Waals surface area contributed by atoms with Gasteiger partial charge in [-0.25, -0.2) is 4.98 Å². The molecule has 2 saturated heterocycles. The molecular weight excluding hydrogens is 322 g/mol. The number of piperidine rings is 1. The molecule has 1 aromatic rings. The third kappa shape index (κ3) is 4.06. The van der Waals surface area contributed by atoms with E-state index < -0.39 is 0 Å². The standard InChI is InChI=1S/C17H27N5OS/c1-3-18-16(19-7-5-14-10-24-13(2)21-14)22-8-4-6-17(12-22)9-15(23)20-11-17/h10H,3-9,11-12H2,1-2H3,(H,18,19)(H,20,23). The maximum Gasteiger partial charge on any atom is 0.220 e. The highest BCUT2D eigenvalue weighted by molar-refractivity contribution is 7.09. The first-order chi connectivity index (χ1) is 11.6. The van der Waals surface area contributed by atoms with Crippen molar-refractivity contribution in [2.24, 2.45) is 10.4 Å². The fourth-order valence-corrected chi connectivity index (χ4v) is 4.30. The van der Waals surface area contributed by atoms with Gasteiger partial charge in [-0.05, 0) is 26.7 Å². The van der Waals surface area contributed by atoms with Gasteiger partial charge in [0.15, 0.2) is 5.96 Å². The average Bonchev–Trinajstić information content (AvgIpc) is 3.13. The SMILES string of the molecule is CCNC(=NCCc1csc(C)n1)N1CCCC2(CNC(=O)C2)C1. The second kappa shape index (κ2) is 7.51. The first-order valence-electron chi connectivity index (χ1n) is 8.81. The number of hydrogen-bond donors (Lipinski definition) is 2. The Kier molecular flexibility index (Phi) is 5.38. The second-order valence-electron chi connectivity index (χ2n) is 6.82. The molecular formula is C17H27N5OS. The van der Waals surface area contributed by atoms with Crippen LogP contribution in [0.25, 0.3) is 0 Å². The molecule has 1 spiro atoms. The van der Waals surface area contributed by atoms with Gasteiger partial charge in [0.2, 0.25) is 5.91 Å². The zero-order valence-corrected chi connectivity index (χ0v) is 15.4. The highest BCUT2D eigenvalue weighted by Gasteiger charge is 2.42. The minimum atomic E-state index is 0.0948. The number of amides is 1. The number of carbonyl (C=O) groups excluding carboxylic acids is 1. The van der Waals surface area contributed by atoms with Gasteiger partial charge < -0.3 is 15.5 Å². The zero-order chi connectivity index (χ0) is 17.0. The van der Waals surface area contributed by atoms with Crippen molar-refractivity contribution < 1.29 is 4.79 Å². The van der Waals surface area contributed by atoms with Gasteiger partial charge in [0.1, 0.15) is 0 Å². The lowest BCUT2D eigenvalue weighted by Gasteiger charge is -2.40. The number of rotatable bonds is 4. The van der Waals surface area contributed by atoms with Crippen molar-refractivity contribution >= 4 is 23.2 Å². The summed E-state index contributed by atoms with van der Waals surface area (Å²) >= 11 is 1.69. The van der Waals surface area contributed by atoms with Crippen molar-refractivity contribution in [1.82, 2.24) is 20.5 Å². The van der Waals surface area contributed by atoms with Crippen LogP contribution in [0.2, 0.25) is 0 Å². The molecule has 0 radical (unpaired) electrons. The van der Waals surface area contributed by atoms with E-state index >= 15 is 0 Å². The van der Waals surface area contributed by atoms with Crippen LogP contribution in [0.5, 0.6) is 0 Å². The van der Waals surface area contributed by atoms with Crippen molar-refractivity contribution in [2.45, 2.75) is 39.5 Å². The van der Waals surface area contributed by atoms with E-state index in [1.807, 2.05) is 6.92 Å². The smallest absolute Gasteiger partial charge is 0.220 e. The van der Waals surface area contributed by atoms with Gasteiger partial charge in [-0.3, -0.25) is 9.79 Å². The summed E-state index contributed by atoms with van der Waals surface area (Å²) in [6.07, 6.45) is 3.77. The summed E-state index contributed by atoms with van der Waals surface area (Å²) in [5.74, 6) is 1.17. The molecule has 1 atom stereocenters. The van der Waals surface area contributed by atoms with E-state index in [2.05, 4.69) is 32.8 Å². The summed E-state index contributed by atoms with van der Waals surface area (Å²) in [6.45, 7) is 8.46. The van der Waals surface area contributed by atoms with Crippen molar-refractivity contribution in [3.05, 3.63) is 16.1 Å². The van der Waals surface area contributed by atoms with Gasteiger partial charge in [0.05, 0.1) is 10.7 Å². The Labute approximate surface area is 147 Å². The minimum Gasteiger partial charge on any atom is -0.357 e. The summed E-state index contributed by atoms with van der Waals surface area (Å²) in [4.78, 5) is 23.3. The lowest BCUT2D eigenvalue weighted by molar-refractivity contribution is -0.119. The van der Waals surface area contributed by atoms with Crippen molar-refractivity contribution in [3.8, 4) is 0 Å². The first-order valence-corrected chi connectivity index (χ1v) is 9.69. The molecule has 2 aliphatic rings. The molecule has 0 saturated carbocycles. The summed E-state index contributed by atoms with van der Waals surface area (Å²) in [5.41, 5.74) is 1.22. The number of aryl methyl sites for hydroxylation is 1. The van der Waals surface area contributed by atoms with Gasteiger partial charge in [-0.1, -0.05) is 0 Å². The molecule has 0 bridgehead atoms. The van der Waals surface area contributed by atoms with Gasteiger partial charge in [0.25, 0.3) is 0 Å². The maximum atomic E-state index is 11.7. The third-order valence-electron chi connectivity index (χ3n) is 4.79. The molecule has 2 N–H and O–H groups in total. The Morgan fingerprint density at radius 2 is 2.46 bits per heavy atom. The number of likely N-dealkylation sites (tertiary alicyclic amines) is 1. The Morgan fingerprint density at radius 1 is 1.58 bits per heavy atom. The molecule has 7 heteroatoms. The number of aliphatic imine (C=N–C) groups is 1. The largest absolute Gasteiger partial charge is 0.357 e. The second-order valence-corrected chi connectivity index (χ2v) is 7.88. The van der Waals surface area contributed by atoms with Crippen molar-refractivity contribution in [1.29, 1.82) is 0 Å². The monoisotopic (exact) mass is 349 g/mol. The predicted octanol–water partition coefficient (Wildman–Crippen LogP) is 1.56. The normalized spacial score (nSPS) is 24.5. The predicted molar refractivity (Wildman–Crippen MR) is 97.4 cm³/mol. The summed E-state index contributed by atoms with van der Waals surface area (Å²) in [7, 11) is 0. The highest BCUT2D eigenvalue weighted by atomic mass is 32.1. The van der Waals surface area contributed by atoms with E-state index in [9.17, 15) is 4.79 Å². The van der Waals surface area contributed by atoms with Crippen LogP contribution in [0.4, 0.5) is 0 Å². The zero-order valence-electron chi connectivity index (χ0n) is 14.6. The number of thiazole rings is 1. The van der Waals surface area contributed by atoms with Crippen LogP contribution in [0.3, 0.4) is 0 Å². The molecule has 0 aromatic carbocycles. The Hall–Kier alpha value is -1.63. The molecule has 1 aromatic heterocycles. The van der Waals surface area contributed by atoms with Crippen LogP contribution in [-0.2, 0) is 11.2 Å². The fraction of sp³-hybridized carbons (Fsp3) is 0.706. The van der Waals surface area contributed by atoms with Crippen LogP contribution in [-0.4, -0.2) is 54.5 Å². The van der Waals surface area contributed by atoms with Crippen molar-refractivity contribution in [2.75, 3.05) is 32.7 Å². The summed E-state index contributed by atoms with van der Waals surface area (Å²) in [6, 6.07) is 0. The Morgan fingerprint density at radius 3 is 3.12 bits per heavy atom. The van der Waals surface area contributed by atoms with Crippen LogP contribution in [0.15, 0.2) is 10.4 Å². The maximum absolute atomic E-state index is 11.7. The Bertz CT molecular complexity index is 614. The summed E-state index contributed by atoms with van der Waals surface area (Å²) in [5, 5.41) is 9.64. The van der Waals surface area contributed by atoms with Crippen LogP contribution < -0.4 is 10.6 Å². The molecule has 2 fully saturated rings. The number of hydrogen-bond acceptors (Lipinski definition) is 4. The third-order valence-corrected chi connectivity index (χ3v) is 5.61. The molecule has 1 amide bonds. The number of aromatic nitrogens is 1. The van der Waals surface area contributed by atoms with Gasteiger partial charge in [-0.15, -0.1) is 11.3 Å². The molecule has 3 rings (SSSR count). The van der Waals surface area contributed by atoms with Gasteiger partial charge in [0, 0.05) is 56.4 Å². The van der Waals surface area contributed by atoms with E-state index in [1.54, 1.807) is 11.3 Å². The molecule has 24 heavy (non-hydrogen) atoms. The van der Waals surface area contributed by atoms with Gasteiger partial charge >= 0.3 is 0 Å². The van der Waals surface area contributed by atoms with Crippen molar-refractivity contribution in [3.63, 3.8) is 0 Å². The number of nitrogens with zero attached hydrogens (tertiary/aromatic N) is 3. The number of carbonyl (C=O) groups is 1. The topological polar surface area (TPSA) is 69.6 Å². The molecule has 6 nitrogen and oxygen atoms in total. The van der Waals surface area contributed by atoms with E-state index in [-0.39, 0.29) is 11.3 Å². The Balaban J connectivity index is 1.63. The molecule has 3 heterocycles. The van der Waals surface area contributed by atoms with E-state index in [0.717, 1.165) is 68.6 Å². The average molecular weight is 350 g/mol. The molecule has 2 aliphatic heterocycles. The summed E-state index contributed by atoms with van der Waals surface area (Å²) < 4.78 is 0. The van der Waals surface area contributed by atoms with E-state index in [1.165, 1.54) is 0 Å². The van der Waals surface area contributed by atoms with E-state index in [0.29, 0.717) is 6.42 Å². The lowest BCUT2D eigenvalue weighted by Crippen LogP contribution is -2.51. The number of nitrogens with one attached hydrogen (secondary N) is 2. The lowest BCUT2D eigenvalue weighted by atomic mass is 9.79. The molecule has 1 unspecified atom stereocenters. The van der Waals surface area contributed by atoms with Gasteiger partial charge in [-0.2, -0.15) is 0 Å². The highest BCUT2D eigenvalue weighted by Crippen LogP contribution is 2.35. The molecule has 132 valence electrons. The number of guanidine groups is 1.